The second kappa shape index (κ2) is 7.13. The smallest absolute Gasteiger partial charge is 0.272 e. The summed E-state index contributed by atoms with van der Waals surface area (Å²) >= 11 is 10.9. The zero-order valence-electron chi connectivity index (χ0n) is 8.93. The Bertz CT molecular complexity index is 360. The highest BCUT2D eigenvalue weighted by atomic mass is 35.5. The fraction of sp³-hybridized carbons (Fsp3) is 0.444. The van der Waals surface area contributed by atoms with E-state index in [1.165, 1.54) is 6.33 Å². The molecule has 17 heavy (non-hydrogen) atoms. The zero-order chi connectivity index (χ0) is 12.7. The van der Waals surface area contributed by atoms with Gasteiger partial charge in [0, 0.05) is 24.8 Å². The van der Waals surface area contributed by atoms with E-state index in [1.807, 2.05) is 0 Å². The third kappa shape index (κ3) is 3.90. The lowest BCUT2D eigenvalue weighted by Gasteiger charge is -2.04. The van der Waals surface area contributed by atoms with Crippen molar-refractivity contribution in [2.75, 3.05) is 24.8 Å². The Kier molecular flexibility index (Phi) is 5.79. The first-order chi connectivity index (χ1) is 8.20. The maximum absolute atomic E-state index is 11.6. The van der Waals surface area contributed by atoms with E-state index in [1.54, 1.807) is 0 Å². The molecule has 6 nitrogen and oxygen atoms in total. The molecular weight excluding hydrogens is 267 g/mol. The van der Waals surface area contributed by atoms with Gasteiger partial charge in [-0.15, -0.1) is 23.2 Å². The van der Waals surface area contributed by atoms with Gasteiger partial charge in [0.15, 0.2) is 5.69 Å². The van der Waals surface area contributed by atoms with Crippen molar-refractivity contribution in [2.45, 2.75) is 0 Å². The van der Waals surface area contributed by atoms with Crippen LogP contribution in [0.3, 0.4) is 0 Å². The molecule has 0 radical (unpaired) electrons. The molecule has 0 spiro atoms. The van der Waals surface area contributed by atoms with E-state index in [2.05, 4.69) is 20.6 Å². The minimum absolute atomic E-state index is 0.0437. The zero-order valence-corrected chi connectivity index (χ0v) is 10.4. The largest absolute Gasteiger partial charge is 0.350 e. The summed E-state index contributed by atoms with van der Waals surface area (Å²) in [4.78, 5) is 29.6. The highest BCUT2D eigenvalue weighted by Gasteiger charge is 2.19. The summed E-state index contributed by atoms with van der Waals surface area (Å²) in [6.45, 7) is 0.637. The van der Waals surface area contributed by atoms with Crippen molar-refractivity contribution in [3.8, 4) is 0 Å². The molecular formula is C9H12Cl2N4O2. The Balaban J connectivity index is 2.71. The molecule has 8 heteroatoms. The number of rotatable bonds is 6. The van der Waals surface area contributed by atoms with Crippen LogP contribution in [-0.2, 0) is 0 Å². The number of aromatic amines is 1. The van der Waals surface area contributed by atoms with E-state index < -0.39 is 11.8 Å². The highest BCUT2D eigenvalue weighted by molar-refractivity contribution is 6.18. The van der Waals surface area contributed by atoms with Crippen molar-refractivity contribution in [1.82, 2.24) is 20.6 Å². The predicted octanol–water partition coefficient (Wildman–Crippen LogP) is 0.347. The number of halogens is 2. The number of carbonyl (C=O) groups excluding carboxylic acids is 2. The van der Waals surface area contributed by atoms with Crippen molar-refractivity contribution in [3.05, 3.63) is 17.7 Å². The molecule has 0 aromatic carbocycles. The fourth-order valence-corrected chi connectivity index (χ4v) is 1.32. The SMILES string of the molecule is O=C(NCCCl)c1nc[nH]c1C(=O)NCCCl. The first-order valence-electron chi connectivity index (χ1n) is 4.92. The topological polar surface area (TPSA) is 86.9 Å². The van der Waals surface area contributed by atoms with E-state index >= 15 is 0 Å². The maximum Gasteiger partial charge on any atom is 0.272 e. The van der Waals surface area contributed by atoms with Crippen molar-refractivity contribution in [1.29, 1.82) is 0 Å². The summed E-state index contributed by atoms with van der Waals surface area (Å²) in [5, 5.41) is 5.06. The molecule has 1 heterocycles. The number of alkyl halides is 2. The first kappa shape index (κ1) is 13.8. The fourth-order valence-electron chi connectivity index (χ4n) is 1.13. The molecule has 0 fully saturated rings. The molecule has 1 aromatic rings. The summed E-state index contributed by atoms with van der Waals surface area (Å²) in [5.41, 5.74) is 0.157. The average molecular weight is 279 g/mol. The van der Waals surface area contributed by atoms with Crippen LogP contribution in [0.1, 0.15) is 21.0 Å². The van der Waals surface area contributed by atoms with Crippen LogP contribution in [0.2, 0.25) is 0 Å². The molecule has 0 bridgehead atoms. The number of hydrogen-bond acceptors (Lipinski definition) is 3. The molecule has 94 valence electrons. The molecule has 3 N–H and O–H groups in total. The second-order valence-corrected chi connectivity index (χ2v) is 3.77. The van der Waals surface area contributed by atoms with E-state index in [9.17, 15) is 9.59 Å². The first-order valence-corrected chi connectivity index (χ1v) is 5.99. The van der Waals surface area contributed by atoms with Gasteiger partial charge in [0.1, 0.15) is 5.69 Å². The third-order valence-corrected chi connectivity index (χ3v) is 2.22. The summed E-state index contributed by atoms with van der Waals surface area (Å²) in [6, 6.07) is 0. The summed E-state index contributed by atoms with van der Waals surface area (Å²) in [6.07, 6.45) is 1.28. The van der Waals surface area contributed by atoms with Gasteiger partial charge in [-0.2, -0.15) is 0 Å². The summed E-state index contributed by atoms with van der Waals surface area (Å²) < 4.78 is 0. The maximum atomic E-state index is 11.6. The summed E-state index contributed by atoms with van der Waals surface area (Å²) in [7, 11) is 0. The van der Waals surface area contributed by atoms with Crippen LogP contribution in [0.5, 0.6) is 0 Å². The molecule has 0 aliphatic heterocycles. The van der Waals surface area contributed by atoms with Gasteiger partial charge in [0.05, 0.1) is 6.33 Å². The Morgan fingerprint density at radius 1 is 1.18 bits per heavy atom. The van der Waals surface area contributed by atoms with E-state index in [0.717, 1.165) is 0 Å². The number of imidazole rings is 1. The van der Waals surface area contributed by atoms with E-state index in [4.69, 9.17) is 23.2 Å². The molecule has 0 aliphatic rings. The number of carbonyl (C=O) groups is 2. The van der Waals surface area contributed by atoms with Gasteiger partial charge in [-0.05, 0) is 0 Å². The molecule has 1 aromatic heterocycles. The van der Waals surface area contributed by atoms with Crippen molar-refractivity contribution < 1.29 is 9.59 Å². The van der Waals surface area contributed by atoms with Gasteiger partial charge in [0.25, 0.3) is 11.8 Å². The van der Waals surface area contributed by atoms with Crippen LogP contribution in [0.25, 0.3) is 0 Å². The number of nitrogens with one attached hydrogen (secondary N) is 3. The standard InChI is InChI=1S/C9H12Cl2N4O2/c10-1-3-12-8(16)6-7(15-5-14-6)9(17)13-4-2-11/h5H,1-4H2,(H,12,16)(H,13,17)(H,14,15). The molecule has 0 unspecified atom stereocenters. The van der Waals surface area contributed by atoms with Gasteiger partial charge < -0.3 is 15.6 Å². The van der Waals surface area contributed by atoms with Gasteiger partial charge in [-0.1, -0.05) is 0 Å². The van der Waals surface area contributed by atoms with Gasteiger partial charge in [0.2, 0.25) is 0 Å². The lowest BCUT2D eigenvalue weighted by molar-refractivity contribution is 0.0916. The van der Waals surface area contributed by atoms with Gasteiger partial charge >= 0.3 is 0 Å². The van der Waals surface area contributed by atoms with Crippen molar-refractivity contribution >= 4 is 35.0 Å². The minimum atomic E-state index is -0.442. The Hall–Kier alpha value is -1.27. The Labute approximate surface area is 108 Å². The number of nitrogens with zero attached hydrogens (tertiary/aromatic N) is 1. The van der Waals surface area contributed by atoms with Crippen LogP contribution >= 0.6 is 23.2 Å². The Morgan fingerprint density at radius 2 is 1.76 bits per heavy atom. The molecule has 2 amide bonds. The molecule has 0 saturated carbocycles. The molecule has 0 aliphatic carbocycles. The van der Waals surface area contributed by atoms with Crippen LogP contribution < -0.4 is 10.6 Å². The molecule has 0 saturated heterocycles. The quantitative estimate of drug-likeness (QED) is 0.656. The second-order valence-electron chi connectivity index (χ2n) is 3.02. The van der Waals surface area contributed by atoms with Gasteiger partial charge in [-0.25, -0.2) is 4.98 Å². The monoisotopic (exact) mass is 278 g/mol. The van der Waals surface area contributed by atoms with Crippen molar-refractivity contribution in [3.63, 3.8) is 0 Å². The lowest BCUT2D eigenvalue weighted by atomic mass is 10.3. The third-order valence-electron chi connectivity index (χ3n) is 1.84. The highest BCUT2D eigenvalue weighted by Crippen LogP contribution is 2.02. The Morgan fingerprint density at radius 3 is 2.35 bits per heavy atom. The minimum Gasteiger partial charge on any atom is -0.350 e. The predicted molar refractivity (Wildman–Crippen MR) is 64.7 cm³/mol. The average Bonchev–Trinajstić information content (AvgIpc) is 2.82. The number of H-pyrrole nitrogens is 1. The van der Waals surface area contributed by atoms with E-state index in [-0.39, 0.29) is 11.4 Å². The lowest BCUT2D eigenvalue weighted by Crippen LogP contribution is -2.31. The van der Waals surface area contributed by atoms with Crippen LogP contribution in [0, 0.1) is 0 Å². The molecule has 0 atom stereocenters. The number of amides is 2. The molecule has 1 rings (SSSR count). The van der Waals surface area contributed by atoms with E-state index in [0.29, 0.717) is 24.8 Å². The normalized spacial score (nSPS) is 10.0. The van der Waals surface area contributed by atoms with Crippen LogP contribution in [-0.4, -0.2) is 46.6 Å². The van der Waals surface area contributed by atoms with Crippen LogP contribution in [0.15, 0.2) is 6.33 Å². The van der Waals surface area contributed by atoms with Crippen LogP contribution in [0.4, 0.5) is 0 Å². The van der Waals surface area contributed by atoms with Gasteiger partial charge in [-0.3, -0.25) is 9.59 Å². The summed E-state index contributed by atoms with van der Waals surface area (Å²) in [5.74, 6) is -0.264. The van der Waals surface area contributed by atoms with Crippen molar-refractivity contribution in [2.24, 2.45) is 0 Å². The number of hydrogen-bond donors (Lipinski definition) is 3. The number of aromatic nitrogens is 2.